The van der Waals surface area contributed by atoms with E-state index in [1.165, 1.54) is 12.1 Å². The van der Waals surface area contributed by atoms with E-state index < -0.39 is 17.6 Å². The molecule has 0 radical (unpaired) electrons. The van der Waals surface area contributed by atoms with Gasteiger partial charge < -0.3 is 10.2 Å². The van der Waals surface area contributed by atoms with Gasteiger partial charge >= 0.3 is 6.18 Å². The summed E-state index contributed by atoms with van der Waals surface area (Å²) >= 11 is 0. The third-order valence-corrected chi connectivity index (χ3v) is 4.82. The Kier molecular flexibility index (Phi) is 4.85. The average molecular weight is 404 g/mol. The predicted molar refractivity (Wildman–Crippen MR) is 100 cm³/mol. The summed E-state index contributed by atoms with van der Waals surface area (Å²) in [4.78, 5) is 23.4. The van der Waals surface area contributed by atoms with E-state index in [1.807, 2.05) is 6.20 Å². The first-order valence-electron chi connectivity index (χ1n) is 9.22. The van der Waals surface area contributed by atoms with E-state index in [0.29, 0.717) is 17.0 Å². The minimum Gasteiger partial charge on any atom is -0.356 e. The van der Waals surface area contributed by atoms with Gasteiger partial charge in [0.15, 0.2) is 5.65 Å². The van der Waals surface area contributed by atoms with Gasteiger partial charge in [0, 0.05) is 32.9 Å². The van der Waals surface area contributed by atoms with E-state index in [-0.39, 0.29) is 12.4 Å². The Morgan fingerprint density at radius 1 is 1.14 bits per heavy atom. The minimum absolute atomic E-state index is 0.00925. The van der Waals surface area contributed by atoms with E-state index in [1.54, 1.807) is 11.7 Å². The summed E-state index contributed by atoms with van der Waals surface area (Å²) < 4.78 is 39.6. The molecule has 4 rings (SSSR count). The fourth-order valence-corrected chi connectivity index (χ4v) is 3.35. The number of halogens is 3. The molecule has 10 heteroatoms. The second kappa shape index (κ2) is 7.34. The summed E-state index contributed by atoms with van der Waals surface area (Å²) in [6.45, 7) is 1.78. The number of aromatic nitrogens is 4. The van der Waals surface area contributed by atoms with Gasteiger partial charge in [0.2, 0.25) is 5.82 Å². The number of amides is 1. The molecule has 3 heterocycles. The molecule has 7 nitrogen and oxygen atoms in total. The highest BCUT2D eigenvalue weighted by atomic mass is 19.4. The first-order chi connectivity index (χ1) is 13.8. The van der Waals surface area contributed by atoms with Gasteiger partial charge in [0.05, 0.1) is 10.9 Å². The van der Waals surface area contributed by atoms with Crippen LogP contribution in [0, 0.1) is 0 Å². The molecular formula is C19H19F3N6O. The Morgan fingerprint density at radius 3 is 2.48 bits per heavy atom. The summed E-state index contributed by atoms with van der Waals surface area (Å²) in [7, 11) is 1.78. The van der Waals surface area contributed by atoms with Crippen LogP contribution in [0.25, 0.3) is 11.0 Å². The fraction of sp³-hybridized carbons (Fsp3) is 0.368. The lowest BCUT2D eigenvalue weighted by Gasteiger charge is -2.17. The fourth-order valence-electron chi connectivity index (χ4n) is 3.35. The molecule has 1 aromatic carbocycles. The summed E-state index contributed by atoms with van der Waals surface area (Å²) in [6, 6.07) is 4.65. The Morgan fingerprint density at radius 2 is 1.83 bits per heavy atom. The SMILES string of the molecule is Cn1cc2c(N3CCCC3)nc(C(=O)NCc3ccc(C(F)(F)F)cc3)nc2n1. The summed E-state index contributed by atoms with van der Waals surface area (Å²) in [6.07, 6.45) is -0.449. The van der Waals surface area contributed by atoms with Crippen molar-refractivity contribution in [1.29, 1.82) is 0 Å². The smallest absolute Gasteiger partial charge is 0.356 e. The van der Waals surface area contributed by atoms with Gasteiger partial charge in [-0.05, 0) is 30.5 Å². The highest BCUT2D eigenvalue weighted by Crippen LogP contribution is 2.29. The van der Waals surface area contributed by atoms with Crippen molar-refractivity contribution < 1.29 is 18.0 Å². The molecule has 1 fully saturated rings. The molecule has 0 unspecified atom stereocenters. The van der Waals surface area contributed by atoms with Gasteiger partial charge in [-0.1, -0.05) is 12.1 Å². The van der Waals surface area contributed by atoms with Crippen molar-refractivity contribution in [3.63, 3.8) is 0 Å². The molecular weight excluding hydrogens is 385 g/mol. The van der Waals surface area contributed by atoms with Gasteiger partial charge in [-0.15, -0.1) is 0 Å². The van der Waals surface area contributed by atoms with Crippen LogP contribution < -0.4 is 10.2 Å². The van der Waals surface area contributed by atoms with Crippen molar-refractivity contribution in [3.05, 3.63) is 47.4 Å². The molecule has 0 aliphatic carbocycles. The quantitative estimate of drug-likeness (QED) is 0.724. The van der Waals surface area contributed by atoms with Crippen molar-refractivity contribution >= 4 is 22.8 Å². The van der Waals surface area contributed by atoms with Crippen LogP contribution in [0.1, 0.15) is 34.6 Å². The van der Waals surface area contributed by atoms with Crippen LogP contribution in [0.2, 0.25) is 0 Å². The number of nitrogens with one attached hydrogen (secondary N) is 1. The molecule has 2 aromatic heterocycles. The number of fused-ring (bicyclic) bond motifs is 1. The number of alkyl halides is 3. The maximum atomic E-state index is 12.7. The van der Waals surface area contributed by atoms with Gasteiger partial charge in [-0.2, -0.15) is 18.3 Å². The molecule has 152 valence electrons. The zero-order chi connectivity index (χ0) is 20.6. The van der Waals surface area contributed by atoms with E-state index in [2.05, 4.69) is 25.3 Å². The number of aryl methyl sites for hydroxylation is 1. The highest BCUT2D eigenvalue weighted by molar-refractivity contribution is 5.95. The maximum Gasteiger partial charge on any atom is 0.416 e. The van der Waals surface area contributed by atoms with Gasteiger partial charge in [-0.25, -0.2) is 9.97 Å². The molecule has 0 bridgehead atoms. The standard InChI is InChI=1S/C19H19F3N6O/c1-27-11-14-15(26-27)24-16(25-17(14)28-8-2-3-9-28)18(29)23-10-12-4-6-13(7-5-12)19(20,21)22/h4-7,11H,2-3,8-10H2,1H3,(H,23,29). The minimum atomic E-state index is -4.39. The monoisotopic (exact) mass is 404 g/mol. The molecule has 1 aliphatic rings. The molecule has 1 saturated heterocycles. The molecule has 3 aromatic rings. The molecule has 1 N–H and O–H groups in total. The molecule has 29 heavy (non-hydrogen) atoms. The molecule has 1 aliphatic heterocycles. The predicted octanol–water partition coefficient (Wildman–Crippen LogP) is 2.91. The van der Waals surface area contributed by atoms with E-state index in [4.69, 9.17) is 0 Å². The summed E-state index contributed by atoms with van der Waals surface area (Å²) in [5.74, 6) is 0.170. The largest absolute Gasteiger partial charge is 0.416 e. The number of rotatable bonds is 4. The number of benzene rings is 1. The van der Waals surface area contributed by atoms with Crippen LogP contribution in [0.3, 0.4) is 0 Å². The van der Waals surface area contributed by atoms with Crippen LogP contribution in [0.4, 0.5) is 19.0 Å². The number of carbonyl (C=O) groups excluding carboxylic acids is 1. The third-order valence-electron chi connectivity index (χ3n) is 4.82. The normalized spacial score (nSPS) is 14.6. The Labute approximate surface area is 164 Å². The number of nitrogens with zero attached hydrogens (tertiary/aromatic N) is 5. The second-order valence-electron chi connectivity index (χ2n) is 6.98. The Balaban J connectivity index is 1.54. The van der Waals surface area contributed by atoms with Gasteiger partial charge in [0.1, 0.15) is 5.82 Å². The van der Waals surface area contributed by atoms with E-state index in [0.717, 1.165) is 43.5 Å². The van der Waals surface area contributed by atoms with Crippen molar-refractivity contribution in [2.24, 2.45) is 7.05 Å². The van der Waals surface area contributed by atoms with Crippen molar-refractivity contribution in [1.82, 2.24) is 25.1 Å². The first-order valence-corrected chi connectivity index (χ1v) is 9.22. The lowest BCUT2D eigenvalue weighted by atomic mass is 10.1. The summed E-state index contributed by atoms with van der Waals surface area (Å²) in [5, 5.41) is 7.74. The number of hydrogen-bond donors (Lipinski definition) is 1. The number of anilines is 1. The third kappa shape index (κ3) is 4.01. The molecule has 0 saturated carbocycles. The van der Waals surface area contributed by atoms with Crippen LogP contribution in [-0.4, -0.2) is 38.7 Å². The number of hydrogen-bond acceptors (Lipinski definition) is 5. The average Bonchev–Trinajstić information content (AvgIpc) is 3.33. The molecule has 0 atom stereocenters. The maximum absolute atomic E-state index is 12.7. The van der Waals surface area contributed by atoms with Gasteiger partial charge in [0.25, 0.3) is 5.91 Å². The Bertz CT molecular complexity index is 1040. The topological polar surface area (TPSA) is 75.9 Å². The van der Waals surface area contributed by atoms with Crippen molar-refractivity contribution in [2.75, 3.05) is 18.0 Å². The zero-order valence-corrected chi connectivity index (χ0v) is 15.7. The van der Waals surface area contributed by atoms with Gasteiger partial charge in [-0.3, -0.25) is 9.48 Å². The number of carbonyl (C=O) groups is 1. The van der Waals surface area contributed by atoms with Crippen LogP contribution in [0.5, 0.6) is 0 Å². The lowest BCUT2D eigenvalue weighted by Crippen LogP contribution is -2.27. The lowest BCUT2D eigenvalue weighted by molar-refractivity contribution is -0.137. The molecule has 1 amide bonds. The first kappa shape index (κ1) is 19.2. The zero-order valence-electron chi connectivity index (χ0n) is 15.7. The van der Waals surface area contributed by atoms with Crippen LogP contribution >= 0.6 is 0 Å². The van der Waals surface area contributed by atoms with E-state index in [9.17, 15) is 18.0 Å². The van der Waals surface area contributed by atoms with Crippen LogP contribution in [0.15, 0.2) is 30.5 Å². The Hall–Kier alpha value is -3.17. The summed E-state index contributed by atoms with van der Waals surface area (Å²) in [5.41, 5.74) is 0.251. The van der Waals surface area contributed by atoms with Crippen molar-refractivity contribution in [3.8, 4) is 0 Å². The molecule has 0 spiro atoms. The highest BCUT2D eigenvalue weighted by Gasteiger charge is 2.30. The second-order valence-corrected chi connectivity index (χ2v) is 6.98. The van der Waals surface area contributed by atoms with E-state index >= 15 is 0 Å². The van der Waals surface area contributed by atoms with Crippen molar-refractivity contribution in [2.45, 2.75) is 25.6 Å². The van der Waals surface area contributed by atoms with Crippen LogP contribution in [-0.2, 0) is 19.8 Å².